The molecule has 0 atom stereocenters. The van der Waals surface area contributed by atoms with Gasteiger partial charge in [0.1, 0.15) is 11.3 Å². The molecule has 1 aromatic rings. The molecule has 0 fully saturated rings. The number of benzene rings is 1. The predicted octanol–water partition coefficient (Wildman–Crippen LogP) is 1.70. The van der Waals surface area contributed by atoms with Crippen molar-refractivity contribution in [2.24, 2.45) is 0 Å². The van der Waals surface area contributed by atoms with Crippen molar-refractivity contribution < 1.29 is 19.4 Å². The third kappa shape index (κ3) is 1.66. The minimum atomic E-state index is -0.585. The average Bonchev–Trinajstić information content (AvgIpc) is 2.29. The van der Waals surface area contributed by atoms with Gasteiger partial charge in [-0.3, -0.25) is 4.79 Å². The van der Waals surface area contributed by atoms with E-state index >= 15 is 0 Å². The number of carbonyl (C=O) groups is 2. The minimum Gasteiger partial charge on any atom is -0.507 e. The number of phenolic OH excluding ortho intramolecular Hbond substituents is 1. The molecule has 0 saturated carbocycles. The van der Waals surface area contributed by atoms with Crippen LogP contribution in [0.15, 0.2) is 12.1 Å². The molecule has 0 radical (unpaired) electrons. The summed E-state index contributed by atoms with van der Waals surface area (Å²) in [5, 5.41) is 9.63. The quantitative estimate of drug-likeness (QED) is 0.731. The van der Waals surface area contributed by atoms with Gasteiger partial charge in [0.05, 0.1) is 7.11 Å². The van der Waals surface area contributed by atoms with Crippen LogP contribution in [0.4, 0.5) is 0 Å². The molecule has 84 valence electrons. The summed E-state index contributed by atoms with van der Waals surface area (Å²) in [6, 6.07) is 2.91. The van der Waals surface area contributed by atoms with E-state index in [4.69, 9.17) is 0 Å². The summed E-state index contributed by atoms with van der Waals surface area (Å²) in [4.78, 5) is 22.9. The van der Waals surface area contributed by atoms with Gasteiger partial charge in [0, 0.05) is 12.0 Å². The Bertz CT molecular complexity index is 462. The van der Waals surface area contributed by atoms with E-state index < -0.39 is 5.97 Å². The number of ether oxygens (including phenoxy) is 1. The maximum Gasteiger partial charge on any atom is 0.341 e. The summed E-state index contributed by atoms with van der Waals surface area (Å²) < 4.78 is 4.55. The molecule has 4 heteroatoms. The largest absolute Gasteiger partial charge is 0.507 e. The lowest BCUT2D eigenvalue weighted by Gasteiger charge is -2.16. The van der Waals surface area contributed by atoms with Crippen molar-refractivity contribution in [3.05, 3.63) is 28.8 Å². The summed E-state index contributed by atoms with van der Waals surface area (Å²) in [6.07, 6.45) is 2.05. The van der Waals surface area contributed by atoms with Crippen LogP contribution >= 0.6 is 0 Å². The van der Waals surface area contributed by atoms with Gasteiger partial charge in [-0.15, -0.1) is 0 Å². The number of esters is 1. The molecule has 1 aromatic carbocycles. The monoisotopic (exact) mass is 220 g/mol. The maximum atomic E-state index is 11.6. The molecule has 0 amide bonds. The van der Waals surface area contributed by atoms with Crippen molar-refractivity contribution in [1.29, 1.82) is 0 Å². The number of ketones is 1. The van der Waals surface area contributed by atoms with Crippen LogP contribution in [0.1, 0.15) is 39.1 Å². The number of rotatable bonds is 1. The molecule has 4 nitrogen and oxygen atoms in total. The zero-order valence-corrected chi connectivity index (χ0v) is 8.95. The van der Waals surface area contributed by atoms with Gasteiger partial charge in [-0.1, -0.05) is 0 Å². The van der Waals surface area contributed by atoms with E-state index in [9.17, 15) is 14.7 Å². The molecule has 1 aliphatic rings. The van der Waals surface area contributed by atoms with Crippen LogP contribution in [0.25, 0.3) is 0 Å². The van der Waals surface area contributed by atoms with Crippen LogP contribution < -0.4 is 0 Å². The Labute approximate surface area is 92.8 Å². The van der Waals surface area contributed by atoms with Crippen molar-refractivity contribution in [3.63, 3.8) is 0 Å². The van der Waals surface area contributed by atoms with E-state index in [1.807, 2.05) is 0 Å². The Hall–Kier alpha value is -1.84. The predicted molar refractivity (Wildman–Crippen MR) is 56.7 cm³/mol. The number of methoxy groups -OCH3 is 1. The summed E-state index contributed by atoms with van der Waals surface area (Å²) in [7, 11) is 1.26. The Morgan fingerprint density at radius 3 is 2.81 bits per heavy atom. The first kappa shape index (κ1) is 10.7. The van der Waals surface area contributed by atoms with Gasteiger partial charge in [-0.2, -0.15) is 0 Å². The van der Waals surface area contributed by atoms with E-state index in [0.29, 0.717) is 12.0 Å². The van der Waals surface area contributed by atoms with Gasteiger partial charge in [0.15, 0.2) is 5.78 Å². The topological polar surface area (TPSA) is 63.6 Å². The molecule has 1 N–H and O–H groups in total. The second-order valence-electron chi connectivity index (χ2n) is 3.79. The third-order valence-electron chi connectivity index (χ3n) is 2.78. The van der Waals surface area contributed by atoms with Crippen LogP contribution in [0.5, 0.6) is 5.75 Å². The molecule has 2 rings (SSSR count). The zero-order chi connectivity index (χ0) is 11.7. The van der Waals surface area contributed by atoms with Gasteiger partial charge in [-0.05, 0) is 30.5 Å². The van der Waals surface area contributed by atoms with Gasteiger partial charge in [0.25, 0.3) is 0 Å². The Morgan fingerprint density at radius 2 is 2.12 bits per heavy atom. The zero-order valence-electron chi connectivity index (χ0n) is 8.95. The summed E-state index contributed by atoms with van der Waals surface area (Å²) in [5.41, 5.74) is 1.46. The molecule has 0 unspecified atom stereocenters. The fourth-order valence-electron chi connectivity index (χ4n) is 1.95. The fourth-order valence-corrected chi connectivity index (χ4v) is 1.95. The first-order valence-electron chi connectivity index (χ1n) is 5.11. The molecule has 0 aliphatic heterocycles. The molecular weight excluding hydrogens is 208 g/mol. The average molecular weight is 220 g/mol. The molecule has 0 aromatic heterocycles. The van der Waals surface area contributed by atoms with Crippen LogP contribution in [0, 0.1) is 0 Å². The van der Waals surface area contributed by atoms with Crippen LogP contribution in [0.3, 0.4) is 0 Å². The highest BCUT2D eigenvalue weighted by Crippen LogP contribution is 2.28. The van der Waals surface area contributed by atoms with Crippen LogP contribution in [-0.4, -0.2) is 24.0 Å². The smallest absolute Gasteiger partial charge is 0.341 e. The fraction of sp³-hybridized carbons (Fsp3) is 0.333. The van der Waals surface area contributed by atoms with E-state index in [0.717, 1.165) is 18.4 Å². The molecule has 0 spiro atoms. The highest BCUT2D eigenvalue weighted by Gasteiger charge is 2.22. The van der Waals surface area contributed by atoms with Gasteiger partial charge >= 0.3 is 5.97 Å². The first-order valence-corrected chi connectivity index (χ1v) is 5.11. The van der Waals surface area contributed by atoms with Gasteiger partial charge < -0.3 is 9.84 Å². The highest BCUT2D eigenvalue weighted by atomic mass is 16.5. The lowest BCUT2D eigenvalue weighted by molar-refractivity contribution is 0.0596. The normalized spacial score (nSPS) is 14.4. The Kier molecular flexibility index (Phi) is 2.64. The molecule has 0 saturated heterocycles. The number of Topliss-reactive ketones (excluding diaryl/α,β-unsaturated/α-hetero) is 1. The second kappa shape index (κ2) is 3.96. The Morgan fingerprint density at radius 1 is 1.38 bits per heavy atom. The number of aryl methyl sites for hydroxylation is 1. The van der Waals surface area contributed by atoms with E-state index in [-0.39, 0.29) is 17.1 Å². The van der Waals surface area contributed by atoms with E-state index in [2.05, 4.69) is 4.74 Å². The van der Waals surface area contributed by atoms with E-state index in [1.54, 1.807) is 6.07 Å². The van der Waals surface area contributed by atoms with Gasteiger partial charge in [0.2, 0.25) is 0 Å². The third-order valence-corrected chi connectivity index (χ3v) is 2.78. The summed E-state index contributed by atoms with van der Waals surface area (Å²) in [6.45, 7) is 0. The lowest BCUT2D eigenvalue weighted by Crippen LogP contribution is -2.12. The number of fused-ring (bicyclic) bond motifs is 1. The molecular formula is C12H12O4. The van der Waals surface area contributed by atoms with Crippen molar-refractivity contribution >= 4 is 11.8 Å². The van der Waals surface area contributed by atoms with Crippen molar-refractivity contribution in [1.82, 2.24) is 0 Å². The van der Waals surface area contributed by atoms with Crippen molar-refractivity contribution in [2.75, 3.05) is 7.11 Å². The maximum absolute atomic E-state index is 11.6. The number of phenols is 1. The number of carbonyl (C=O) groups excluding carboxylic acids is 2. The van der Waals surface area contributed by atoms with Crippen molar-refractivity contribution in [2.45, 2.75) is 19.3 Å². The molecule has 16 heavy (non-hydrogen) atoms. The standard InChI is InChI=1S/C12H12O4/c1-16-12(15)9-5-7-3-2-4-10(13)8(7)6-11(9)14/h5-6,14H,2-4H2,1H3. The SMILES string of the molecule is COC(=O)c1cc2c(cc1O)C(=O)CCC2. The van der Waals surface area contributed by atoms with Crippen molar-refractivity contribution in [3.8, 4) is 5.75 Å². The molecule has 1 aliphatic carbocycles. The van der Waals surface area contributed by atoms with Crippen LogP contribution in [-0.2, 0) is 11.2 Å². The Balaban J connectivity index is 2.52. The second-order valence-corrected chi connectivity index (χ2v) is 3.79. The first-order chi connectivity index (χ1) is 7.63. The summed E-state index contributed by atoms with van der Waals surface area (Å²) >= 11 is 0. The number of hydrogen-bond donors (Lipinski definition) is 1. The van der Waals surface area contributed by atoms with E-state index in [1.165, 1.54) is 13.2 Å². The number of hydrogen-bond acceptors (Lipinski definition) is 4. The van der Waals surface area contributed by atoms with Crippen LogP contribution in [0.2, 0.25) is 0 Å². The molecule has 0 bridgehead atoms. The lowest BCUT2D eigenvalue weighted by atomic mass is 9.89. The molecule has 0 heterocycles. The number of aromatic hydroxyl groups is 1. The highest BCUT2D eigenvalue weighted by molar-refractivity contribution is 6.01. The minimum absolute atomic E-state index is 0.0213. The van der Waals surface area contributed by atoms with Gasteiger partial charge in [-0.25, -0.2) is 4.79 Å². The summed E-state index contributed by atoms with van der Waals surface area (Å²) in [5.74, 6) is -0.757.